The molecule has 2 aromatic carbocycles. The molecule has 2 rings (SSSR count). The zero-order chi connectivity index (χ0) is 16.5. The minimum absolute atomic E-state index is 0. The maximum Gasteiger partial charge on any atom is 0.0991 e. The molecule has 24 heavy (non-hydrogen) atoms. The van der Waals surface area contributed by atoms with Crippen molar-refractivity contribution in [2.45, 2.75) is 0 Å². The maximum absolute atomic E-state index is 8.83. The Labute approximate surface area is 152 Å². The lowest BCUT2D eigenvalue weighted by atomic mass is 10.1. The summed E-state index contributed by atoms with van der Waals surface area (Å²) in [5, 5.41) is 17.3. The van der Waals surface area contributed by atoms with E-state index in [9.17, 15) is 0 Å². The summed E-state index contributed by atoms with van der Waals surface area (Å²) in [6.45, 7) is 0.590. The Balaban J connectivity index is 0.00000288. The molecule has 0 atom stereocenters. The summed E-state index contributed by atoms with van der Waals surface area (Å²) in [7, 11) is 0. The lowest BCUT2D eigenvalue weighted by Gasteiger charge is -1.97. The van der Waals surface area contributed by atoms with E-state index in [-0.39, 0.29) is 19.0 Å². The van der Waals surface area contributed by atoms with Crippen molar-refractivity contribution in [2.24, 2.45) is 9.98 Å². The molecule has 0 bridgehead atoms. The SMILES string of the molecule is Cl.N#Cc1cccc(C=NCC(=N)CN=Cc2ccc(Cl)cc2)c1. The molecule has 4 nitrogen and oxygen atoms in total. The van der Waals surface area contributed by atoms with Gasteiger partial charge in [-0.15, -0.1) is 12.4 Å². The quantitative estimate of drug-likeness (QED) is 0.772. The van der Waals surface area contributed by atoms with Gasteiger partial charge in [0.05, 0.1) is 30.4 Å². The van der Waals surface area contributed by atoms with E-state index in [1.807, 2.05) is 24.3 Å². The summed E-state index contributed by atoms with van der Waals surface area (Å²) < 4.78 is 0. The van der Waals surface area contributed by atoms with Crippen LogP contribution in [0, 0.1) is 16.7 Å². The third-order valence-corrected chi connectivity index (χ3v) is 3.18. The predicted octanol–water partition coefficient (Wildman–Crippen LogP) is 4.19. The number of hydrogen-bond donors (Lipinski definition) is 1. The Morgan fingerprint density at radius 3 is 2.29 bits per heavy atom. The molecule has 6 heteroatoms. The minimum Gasteiger partial charge on any atom is -0.306 e. The largest absolute Gasteiger partial charge is 0.306 e. The molecule has 0 aliphatic carbocycles. The summed E-state index contributed by atoms with van der Waals surface area (Å²) in [4.78, 5) is 8.42. The molecule has 0 saturated carbocycles. The zero-order valence-electron chi connectivity index (χ0n) is 12.8. The molecule has 0 aromatic heterocycles. The van der Waals surface area contributed by atoms with Crippen molar-refractivity contribution in [3.05, 3.63) is 70.2 Å². The molecular weight excluding hydrogens is 343 g/mol. The zero-order valence-corrected chi connectivity index (χ0v) is 14.4. The second kappa shape index (κ2) is 10.3. The number of aliphatic imine (C=N–C) groups is 2. The van der Waals surface area contributed by atoms with Gasteiger partial charge in [0.2, 0.25) is 0 Å². The topological polar surface area (TPSA) is 72.4 Å². The van der Waals surface area contributed by atoms with Crippen LogP contribution in [0.5, 0.6) is 0 Å². The maximum atomic E-state index is 8.83. The number of hydrogen-bond acceptors (Lipinski definition) is 4. The van der Waals surface area contributed by atoms with Gasteiger partial charge in [0, 0.05) is 17.5 Å². The normalized spacial score (nSPS) is 10.5. The predicted molar refractivity (Wildman–Crippen MR) is 103 cm³/mol. The number of nitriles is 1. The molecular formula is C18H16Cl2N4. The first kappa shape index (κ1) is 19.6. The van der Waals surface area contributed by atoms with Crippen LogP contribution in [-0.2, 0) is 0 Å². The second-order valence-electron chi connectivity index (χ2n) is 4.83. The number of halogens is 2. The van der Waals surface area contributed by atoms with Gasteiger partial charge in [-0.3, -0.25) is 9.98 Å². The number of nitrogens with one attached hydrogen (secondary N) is 1. The fourth-order valence-electron chi connectivity index (χ4n) is 1.81. The molecule has 0 amide bonds. The molecule has 0 saturated heterocycles. The average molecular weight is 359 g/mol. The van der Waals surface area contributed by atoms with Crippen LogP contribution < -0.4 is 0 Å². The first-order valence-corrected chi connectivity index (χ1v) is 7.37. The van der Waals surface area contributed by atoms with E-state index in [4.69, 9.17) is 22.3 Å². The fourth-order valence-corrected chi connectivity index (χ4v) is 1.94. The Kier molecular flexibility index (Phi) is 8.42. The van der Waals surface area contributed by atoms with E-state index in [1.165, 1.54) is 0 Å². The molecule has 0 aliphatic rings. The Morgan fingerprint density at radius 2 is 1.67 bits per heavy atom. The highest BCUT2D eigenvalue weighted by molar-refractivity contribution is 6.30. The third kappa shape index (κ3) is 6.74. The summed E-state index contributed by atoms with van der Waals surface area (Å²) >= 11 is 5.81. The summed E-state index contributed by atoms with van der Waals surface area (Å²) in [5.41, 5.74) is 2.81. The van der Waals surface area contributed by atoms with Gasteiger partial charge in [0.15, 0.2) is 0 Å². The Morgan fingerprint density at radius 1 is 1.04 bits per heavy atom. The molecule has 0 radical (unpaired) electrons. The van der Waals surface area contributed by atoms with Crippen molar-refractivity contribution in [3.8, 4) is 6.07 Å². The minimum atomic E-state index is 0. The number of rotatable bonds is 6. The molecule has 0 heterocycles. The van der Waals surface area contributed by atoms with Crippen molar-refractivity contribution in [1.82, 2.24) is 0 Å². The van der Waals surface area contributed by atoms with Gasteiger partial charge in [-0.1, -0.05) is 35.9 Å². The van der Waals surface area contributed by atoms with E-state index >= 15 is 0 Å². The van der Waals surface area contributed by atoms with E-state index in [2.05, 4.69) is 16.1 Å². The number of nitrogens with zero attached hydrogens (tertiary/aromatic N) is 3. The van der Waals surface area contributed by atoms with Crippen molar-refractivity contribution in [1.29, 1.82) is 10.7 Å². The van der Waals surface area contributed by atoms with Gasteiger partial charge < -0.3 is 5.41 Å². The van der Waals surface area contributed by atoms with E-state index in [0.717, 1.165) is 11.1 Å². The van der Waals surface area contributed by atoms with Crippen LogP contribution in [0.15, 0.2) is 58.5 Å². The van der Waals surface area contributed by atoms with Crippen LogP contribution in [0.4, 0.5) is 0 Å². The van der Waals surface area contributed by atoms with Crippen LogP contribution in [-0.4, -0.2) is 31.2 Å². The molecule has 0 spiro atoms. The van der Waals surface area contributed by atoms with Crippen molar-refractivity contribution >= 4 is 42.1 Å². The van der Waals surface area contributed by atoms with E-state index in [1.54, 1.807) is 36.7 Å². The third-order valence-electron chi connectivity index (χ3n) is 2.93. The first-order chi connectivity index (χ1) is 11.2. The van der Waals surface area contributed by atoms with Crippen LogP contribution in [0.1, 0.15) is 16.7 Å². The van der Waals surface area contributed by atoms with Gasteiger partial charge >= 0.3 is 0 Å². The van der Waals surface area contributed by atoms with Gasteiger partial charge in [-0.2, -0.15) is 5.26 Å². The monoisotopic (exact) mass is 358 g/mol. The van der Waals surface area contributed by atoms with Crippen LogP contribution >= 0.6 is 24.0 Å². The smallest absolute Gasteiger partial charge is 0.0991 e. The van der Waals surface area contributed by atoms with Crippen molar-refractivity contribution < 1.29 is 0 Å². The van der Waals surface area contributed by atoms with E-state index < -0.39 is 0 Å². The van der Waals surface area contributed by atoms with E-state index in [0.29, 0.717) is 22.8 Å². The summed E-state index contributed by atoms with van der Waals surface area (Å²) in [5.74, 6) is 0. The van der Waals surface area contributed by atoms with Gasteiger partial charge in [-0.25, -0.2) is 0 Å². The highest BCUT2D eigenvalue weighted by Gasteiger charge is 1.95. The molecule has 2 aromatic rings. The van der Waals surface area contributed by atoms with Crippen molar-refractivity contribution in [2.75, 3.05) is 13.1 Å². The lowest BCUT2D eigenvalue weighted by molar-refractivity contribution is 1.17. The first-order valence-electron chi connectivity index (χ1n) is 6.99. The fraction of sp³-hybridized carbons (Fsp3) is 0.111. The van der Waals surface area contributed by atoms with Gasteiger partial charge in [0.1, 0.15) is 0 Å². The van der Waals surface area contributed by atoms with Crippen LogP contribution in [0.25, 0.3) is 0 Å². The Hall–Kier alpha value is -2.48. The second-order valence-corrected chi connectivity index (χ2v) is 5.27. The Bertz CT molecular complexity index is 774. The van der Waals surface area contributed by atoms with Gasteiger partial charge in [-0.05, 0) is 35.4 Å². The molecule has 0 unspecified atom stereocenters. The van der Waals surface area contributed by atoms with Crippen LogP contribution in [0.2, 0.25) is 5.02 Å². The highest BCUT2D eigenvalue weighted by Crippen LogP contribution is 2.07. The van der Waals surface area contributed by atoms with Gasteiger partial charge in [0.25, 0.3) is 0 Å². The molecule has 122 valence electrons. The lowest BCUT2D eigenvalue weighted by Crippen LogP contribution is -2.06. The molecule has 0 aliphatic heterocycles. The summed E-state index contributed by atoms with van der Waals surface area (Å²) in [6, 6.07) is 16.6. The van der Waals surface area contributed by atoms with Crippen molar-refractivity contribution in [3.63, 3.8) is 0 Å². The average Bonchev–Trinajstić information content (AvgIpc) is 2.57. The molecule has 0 fully saturated rings. The molecule has 1 N–H and O–H groups in total. The standard InChI is InChI=1S/C18H15ClN4.ClH/c19-17-6-4-14(5-7-17)10-22-12-18(21)13-23-11-16-3-1-2-15(8-16)9-20;/h1-8,10-11,21H,12-13H2;1H. The highest BCUT2D eigenvalue weighted by atomic mass is 35.5. The number of benzene rings is 2. The van der Waals surface area contributed by atoms with Crippen LogP contribution in [0.3, 0.4) is 0 Å². The summed E-state index contributed by atoms with van der Waals surface area (Å²) in [6.07, 6.45) is 3.38.